The Morgan fingerprint density at radius 2 is 1.84 bits per heavy atom. The van der Waals surface area contributed by atoms with Crippen LogP contribution < -0.4 is 4.74 Å². The Balaban J connectivity index is 1.63. The Hall–Kier alpha value is -2.04. The second kappa shape index (κ2) is 7.46. The molecule has 0 amide bonds. The van der Waals surface area contributed by atoms with Gasteiger partial charge < -0.3 is 14.2 Å². The van der Waals surface area contributed by atoms with E-state index in [0.29, 0.717) is 6.61 Å². The first-order chi connectivity index (χ1) is 11.9. The van der Waals surface area contributed by atoms with E-state index >= 15 is 0 Å². The van der Waals surface area contributed by atoms with Gasteiger partial charge in [-0.15, -0.1) is 11.6 Å². The lowest BCUT2D eigenvalue weighted by Crippen LogP contribution is -2.33. The Morgan fingerprint density at radius 3 is 2.56 bits per heavy atom. The van der Waals surface area contributed by atoms with Crippen LogP contribution in [-0.2, 0) is 20.9 Å². The minimum Gasteiger partial charge on any atom is -0.457 e. The number of ether oxygens (including phenoxy) is 3. The van der Waals surface area contributed by atoms with Gasteiger partial charge >= 0.3 is 5.97 Å². The van der Waals surface area contributed by atoms with Gasteiger partial charge in [0.25, 0.3) is 0 Å². The van der Waals surface area contributed by atoms with Gasteiger partial charge in [0.1, 0.15) is 11.5 Å². The summed E-state index contributed by atoms with van der Waals surface area (Å²) >= 11 is 6.36. The van der Waals surface area contributed by atoms with Crippen molar-refractivity contribution in [2.45, 2.75) is 38.0 Å². The highest BCUT2D eigenvalue weighted by molar-refractivity contribution is 6.23. The standard InChI is InChI=1S/C20H21ClO4/c1-20(2,21)17-12-18(22)25-19(17)23-13-14-7-6-10-16(11-14)24-15-8-4-3-5-9-15/h3-11,17,19H,12-13H2,1-2H3. The lowest BCUT2D eigenvalue weighted by Gasteiger charge is -2.27. The predicted molar refractivity (Wildman–Crippen MR) is 95.7 cm³/mol. The molecule has 2 aromatic rings. The molecule has 2 unspecified atom stereocenters. The van der Waals surface area contributed by atoms with Crippen molar-refractivity contribution in [1.29, 1.82) is 0 Å². The quantitative estimate of drug-likeness (QED) is 0.542. The molecule has 0 radical (unpaired) electrons. The number of rotatable bonds is 6. The van der Waals surface area contributed by atoms with Crippen LogP contribution >= 0.6 is 11.6 Å². The zero-order valence-electron chi connectivity index (χ0n) is 14.3. The first-order valence-electron chi connectivity index (χ1n) is 8.23. The first-order valence-corrected chi connectivity index (χ1v) is 8.61. The number of esters is 1. The molecule has 0 spiro atoms. The van der Waals surface area contributed by atoms with E-state index in [9.17, 15) is 4.79 Å². The highest BCUT2D eigenvalue weighted by Crippen LogP contribution is 2.37. The molecule has 3 rings (SSSR count). The summed E-state index contributed by atoms with van der Waals surface area (Å²) in [5, 5.41) is 0. The molecular weight excluding hydrogens is 340 g/mol. The van der Waals surface area contributed by atoms with Gasteiger partial charge in [0.15, 0.2) is 0 Å². The summed E-state index contributed by atoms with van der Waals surface area (Å²) in [6.45, 7) is 4.05. The molecule has 2 atom stereocenters. The second-order valence-electron chi connectivity index (χ2n) is 6.61. The summed E-state index contributed by atoms with van der Waals surface area (Å²) in [6.07, 6.45) is -0.350. The smallest absolute Gasteiger partial charge is 0.308 e. The third kappa shape index (κ3) is 4.74. The maximum absolute atomic E-state index is 11.6. The minimum atomic E-state index is -0.626. The third-order valence-electron chi connectivity index (χ3n) is 4.14. The van der Waals surface area contributed by atoms with E-state index < -0.39 is 11.2 Å². The van der Waals surface area contributed by atoms with E-state index in [1.54, 1.807) is 0 Å². The van der Waals surface area contributed by atoms with Crippen molar-refractivity contribution in [3.8, 4) is 11.5 Å². The molecule has 132 valence electrons. The van der Waals surface area contributed by atoms with E-state index in [-0.39, 0.29) is 18.3 Å². The zero-order valence-corrected chi connectivity index (χ0v) is 15.0. The van der Waals surface area contributed by atoms with Crippen molar-refractivity contribution in [2.75, 3.05) is 0 Å². The average Bonchev–Trinajstić information content (AvgIpc) is 2.96. The van der Waals surface area contributed by atoms with E-state index in [1.165, 1.54) is 0 Å². The zero-order chi connectivity index (χ0) is 17.9. The Bertz CT molecular complexity index is 724. The maximum Gasteiger partial charge on any atom is 0.308 e. The summed E-state index contributed by atoms with van der Waals surface area (Å²) in [5.41, 5.74) is 0.933. The topological polar surface area (TPSA) is 44.8 Å². The largest absolute Gasteiger partial charge is 0.457 e. The van der Waals surface area contributed by atoms with Gasteiger partial charge in [0.05, 0.1) is 18.9 Å². The Kier molecular flexibility index (Phi) is 5.30. The molecule has 1 heterocycles. The van der Waals surface area contributed by atoms with Gasteiger partial charge in [-0.2, -0.15) is 0 Å². The van der Waals surface area contributed by atoms with Gasteiger partial charge in [0.2, 0.25) is 6.29 Å². The van der Waals surface area contributed by atoms with Gasteiger partial charge in [-0.25, -0.2) is 0 Å². The molecule has 0 aliphatic carbocycles. The van der Waals surface area contributed by atoms with Crippen LogP contribution in [0.5, 0.6) is 11.5 Å². The van der Waals surface area contributed by atoms with E-state index in [2.05, 4.69) is 0 Å². The van der Waals surface area contributed by atoms with E-state index in [1.807, 2.05) is 68.4 Å². The molecular formula is C20H21ClO4. The molecule has 4 nitrogen and oxygen atoms in total. The molecule has 2 aromatic carbocycles. The molecule has 25 heavy (non-hydrogen) atoms. The molecule has 0 saturated carbocycles. The number of benzene rings is 2. The highest BCUT2D eigenvalue weighted by Gasteiger charge is 2.44. The number of cyclic esters (lactones) is 1. The molecule has 5 heteroatoms. The minimum absolute atomic E-state index is 0.176. The fourth-order valence-electron chi connectivity index (χ4n) is 2.75. The molecule has 0 bridgehead atoms. The van der Waals surface area contributed by atoms with Crippen LogP contribution in [0.4, 0.5) is 0 Å². The fraction of sp³-hybridized carbons (Fsp3) is 0.350. The van der Waals surface area contributed by atoms with Crippen LogP contribution in [0.15, 0.2) is 54.6 Å². The molecule has 1 fully saturated rings. The molecule has 1 aliphatic rings. The van der Waals surface area contributed by atoms with Crippen LogP contribution in [-0.4, -0.2) is 17.1 Å². The van der Waals surface area contributed by atoms with Gasteiger partial charge in [0, 0.05) is 4.87 Å². The van der Waals surface area contributed by atoms with E-state index in [0.717, 1.165) is 17.1 Å². The van der Waals surface area contributed by atoms with Crippen LogP contribution in [0.1, 0.15) is 25.8 Å². The summed E-state index contributed by atoms with van der Waals surface area (Å²) in [6, 6.07) is 17.2. The number of carbonyl (C=O) groups is 1. The normalized spacial score (nSPS) is 20.4. The lowest BCUT2D eigenvalue weighted by molar-refractivity contribution is -0.171. The van der Waals surface area contributed by atoms with Gasteiger partial charge in [-0.05, 0) is 43.7 Å². The monoisotopic (exact) mass is 360 g/mol. The number of carbonyl (C=O) groups excluding carboxylic acids is 1. The van der Waals surface area contributed by atoms with Crippen LogP contribution in [0.25, 0.3) is 0 Å². The molecule has 1 aliphatic heterocycles. The number of alkyl halides is 1. The van der Waals surface area contributed by atoms with Crippen molar-refractivity contribution in [3.63, 3.8) is 0 Å². The van der Waals surface area contributed by atoms with Crippen LogP contribution in [0.3, 0.4) is 0 Å². The van der Waals surface area contributed by atoms with Crippen LogP contribution in [0, 0.1) is 5.92 Å². The highest BCUT2D eigenvalue weighted by atomic mass is 35.5. The third-order valence-corrected chi connectivity index (χ3v) is 4.42. The maximum atomic E-state index is 11.6. The van der Waals surface area contributed by atoms with Crippen molar-refractivity contribution in [2.24, 2.45) is 5.92 Å². The first kappa shape index (κ1) is 17.8. The summed E-state index contributed by atoms with van der Waals surface area (Å²) < 4.78 is 16.9. The average molecular weight is 361 g/mol. The fourth-order valence-corrected chi connectivity index (χ4v) is 2.93. The van der Waals surface area contributed by atoms with Gasteiger partial charge in [-0.1, -0.05) is 30.3 Å². The SMILES string of the molecule is CC(C)(Cl)C1CC(=O)OC1OCc1cccc(Oc2ccccc2)c1. The number of para-hydroxylation sites is 1. The molecule has 0 N–H and O–H groups in total. The van der Waals surface area contributed by atoms with Crippen molar-refractivity contribution in [3.05, 3.63) is 60.2 Å². The lowest BCUT2D eigenvalue weighted by atomic mass is 9.93. The van der Waals surface area contributed by atoms with Crippen molar-refractivity contribution >= 4 is 17.6 Å². The van der Waals surface area contributed by atoms with Crippen molar-refractivity contribution in [1.82, 2.24) is 0 Å². The number of halogens is 1. The Morgan fingerprint density at radius 1 is 1.12 bits per heavy atom. The second-order valence-corrected chi connectivity index (χ2v) is 7.58. The van der Waals surface area contributed by atoms with E-state index in [4.69, 9.17) is 25.8 Å². The number of hydrogen-bond donors (Lipinski definition) is 0. The van der Waals surface area contributed by atoms with Crippen LogP contribution in [0.2, 0.25) is 0 Å². The predicted octanol–water partition coefficient (Wildman–Crippen LogP) is 4.90. The van der Waals surface area contributed by atoms with Gasteiger partial charge in [-0.3, -0.25) is 4.79 Å². The Labute approximate surface area is 152 Å². The summed E-state index contributed by atoms with van der Waals surface area (Å²) in [4.78, 5) is 11.0. The summed E-state index contributed by atoms with van der Waals surface area (Å²) in [7, 11) is 0. The molecule has 0 aromatic heterocycles. The summed E-state index contributed by atoms with van der Waals surface area (Å²) in [5.74, 6) is 1.05. The number of hydrogen-bond acceptors (Lipinski definition) is 4. The molecule has 1 saturated heterocycles. The van der Waals surface area contributed by atoms with Crippen molar-refractivity contribution < 1.29 is 19.0 Å².